The topological polar surface area (TPSA) is 59.5 Å². The van der Waals surface area contributed by atoms with Crippen molar-refractivity contribution in [3.63, 3.8) is 0 Å². The molecule has 6 heteroatoms. The Balaban J connectivity index is 1.81. The van der Waals surface area contributed by atoms with Crippen LogP contribution in [0.3, 0.4) is 0 Å². The van der Waals surface area contributed by atoms with Crippen molar-refractivity contribution in [2.24, 2.45) is 0 Å². The minimum absolute atomic E-state index is 0.139. The van der Waals surface area contributed by atoms with Crippen LogP contribution in [0.25, 0.3) is 10.9 Å². The predicted octanol–water partition coefficient (Wildman–Crippen LogP) is 1.97. The van der Waals surface area contributed by atoms with Crippen LogP contribution in [0.2, 0.25) is 0 Å². The average Bonchev–Trinajstić information content (AvgIpc) is 2.60. The summed E-state index contributed by atoms with van der Waals surface area (Å²) in [7, 11) is 1.37. The zero-order valence-electron chi connectivity index (χ0n) is 12.2. The quantitative estimate of drug-likeness (QED) is 0.793. The molecule has 0 N–H and O–H groups in total. The fourth-order valence-corrected chi connectivity index (χ4v) is 3.58. The normalized spacial score (nSPS) is 18.2. The molecule has 1 aliphatic heterocycles. The van der Waals surface area contributed by atoms with Crippen LogP contribution in [-0.2, 0) is 9.53 Å². The molecule has 5 nitrogen and oxygen atoms in total. The second-order valence-electron chi connectivity index (χ2n) is 5.02. The Hall–Kier alpha value is -2.08. The molecule has 1 saturated heterocycles. The molecule has 0 spiro atoms. The van der Waals surface area contributed by atoms with Gasteiger partial charge < -0.3 is 9.64 Å². The number of para-hydroxylation sites is 1. The molecular weight excluding hydrogens is 300 g/mol. The van der Waals surface area contributed by atoms with Gasteiger partial charge in [0.05, 0.1) is 12.6 Å². The van der Waals surface area contributed by atoms with Crippen LogP contribution in [0.5, 0.6) is 0 Å². The third kappa shape index (κ3) is 2.92. The number of carbonyl (C=O) groups is 2. The number of benzene rings is 1. The number of hydrogen-bond acceptors (Lipinski definition) is 5. The fraction of sp³-hybridized carbons (Fsp3) is 0.312. The molecule has 0 saturated carbocycles. The second-order valence-corrected chi connectivity index (χ2v) is 6.33. The largest absolute Gasteiger partial charge is 0.468 e. The highest BCUT2D eigenvalue weighted by Crippen LogP contribution is 2.21. The van der Waals surface area contributed by atoms with E-state index >= 15 is 0 Å². The Kier molecular flexibility index (Phi) is 4.29. The number of aromatic nitrogens is 1. The van der Waals surface area contributed by atoms with E-state index in [1.165, 1.54) is 18.9 Å². The van der Waals surface area contributed by atoms with Crippen molar-refractivity contribution in [2.45, 2.75) is 5.25 Å². The van der Waals surface area contributed by atoms with Crippen LogP contribution in [0.4, 0.5) is 0 Å². The van der Waals surface area contributed by atoms with Crippen LogP contribution in [0, 0.1) is 0 Å². The Morgan fingerprint density at radius 2 is 2.09 bits per heavy atom. The summed E-state index contributed by atoms with van der Waals surface area (Å²) in [6, 6.07) is 11.3. The van der Waals surface area contributed by atoms with Crippen molar-refractivity contribution in [3.8, 4) is 0 Å². The predicted molar refractivity (Wildman–Crippen MR) is 85.9 cm³/mol. The van der Waals surface area contributed by atoms with Crippen LogP contribution in [0.1, 0.15) is 10.5 Å². The molecule has 1 amide bonds. The van der Waals surface area contributed by atoms with Gasteiger partial charge in [-0.05, 0) is 12.1 Å². The van der Waals surface area contributed by atoms with Crippen molar-refractivity contribution in [3.05, 3.63) is 42.1 Å². The summed E-state index contributed by atoms with van der Waals surface area (Å²) in [4.78, 5) is 30.4. The minimum Gasteiger partial charge on any atom is -0.468 e. The Labute approximate surface area is 132 Å². The summed E-state index contributed by atoms with van der Waals surface area (Å²) in [6.45, 7) is 0.982. The lowest BCUT2D eigenvalue weighted by molar-refractivity contribution is -0.140. The summed E-state index contributed by atoms with van der Waals surface area (Å²) < 4.78 is 4.77. The molecule has 1 aliphatic rings. The molecule has 0 radical (unpaired) electrons. The van der Waals surface area contributed by atoms with Gasteiger partial charge in [0.2, 0.25) is 0 Å². The highest BCUT2D eigenvalue weighted by molar-refractivity contribution is 8.00. The number of carbonyl (C=O) groups excluding carboxylic acids is 2. The van der Waals surface area contributed by atoms with E-state index in [2.05, 4.69) is 4.98 Å². The lowest BCUT2D eigenvalue weighted by Gasteiger charge is -2.30. The fourth-order valence-electron chi connectivity index (χ4n) is 2.45. The SMILES string of the molecule is COC(=O)[C@H]1CN(C(=O)c2ccc3ccccc3n2)CCS1. The molecule has 2 heterocycles. The molecule has 2 aromatic rings. The average molecular weight is 316 g/mol. The molecule has 22 heavy (non-hydrogen) atoms. The number of thioether (sulfide) groups is 1. The molecule has 0 unspecified atom stereocenters. The molecule has 1 fully saturated rings. The van der Waals surface area contributed by atoms with Crippen molar-refractivity contribution in [2.75, 3.05) is 26.0 Å². The summed E-state index contributed by atoms with van der Waals surface area (Å²) >= 11 is 1.53. The van der Waals surface area contributed by atoms with Crippen molar-refractivity contribution < 1.29 is 14.3 Å². The van der Waals surface area contributed by atoms with E-state index in [1.54, 1.807) is 11.0 Å². The molecule has 114 valence electrons. The van der Waals surface area contributed by atoms with Gasteiger partial charge in [0.1, 0.15) is 10.9 Å². The van der Waals surface area contributed by atoms with E-state index in [0.29, 0.717) is 18.8 Å². The third-order valence-electron chi connectivity index (χ3n) is 3.64. The van der Waals surface area contributed by atoms with Gasteiger partial charge in [0.15, 0.2) is 0 Å². The van der Waals surface area contributed by atoms with E-state index in [9.17, 15) is 9.59 Å². The second kappa shape index (κ2) is 6.36. The molecule has 1 aromatic carbocycles. The number of amides is 1. The Morgan fingerprint density at radius 1 is 1.27 bits per heavy atom. The highest BCUT2D eigenvalue weighted by atomic mass is 32.2. The maximum atomic E-state index is 12.6. The minimum atomic E-state index is -0.317. The van der Waals surface area contributed by atoms with Crippen LogP contribution in [0.15, 0.2) is 36.4 Å². The number of esters is 1. The van der Waals surface area contributed by atoms with E-state index in [4.69, 9.17) is 4.74 Å². The van der Waals surface area contributed by atoms with Gasteiger partial charge in [-0.3, -0.25) is 9.59 Å². The molecule has 3 rings (SSSR count). The van der Waals surface area contributed by atoms with Gasteiger partial charge in [0, 0.05) is 24.2 Å². The number of rotatable bonds is 2. The first-order valence-corrected chi connectivity index (χ1v) is 8.08. The molecule has 0 aliphatic carbocycles. The summed E-state index contributed by atoms with van der Waals surface area (Å²) in [5.74, 6) is 0.299. The maximum absolute atomic E-state index is 12.6. The van der Waals surface area contributed by atoms with Crippen molar-refractivity contribution in [1.29, 1.82) is 0 Å². The van der Waals surface area contributed by atoms with Crippen LogP contribution < -0.4 is 0 Å². The Morgan fingerprint density at radius 3 is 2.91 bits per heavy atom. The van der Waals surface area contributed by atoms with E-state index in [1.807, 2.05) is 30.3 Å². The Bertz CT molecular complexity index is 719. The van der Waals surface area contributed by atoms with Crippen LogP contribution in [-0.4, -0.2) is 53.0 Å². The lowest BCUT2D eigenvalue weighted by Crippen LogP contribution is -2.45. The van der Waals surface area contributed by atoms with Gasteiger partial charge >= 0.3 is 5.97 Å². The third-order valence-corrected chi connectivity index (χ3v) is 4.80. The smallest absolute Gasteiger partial charge is 0.320 e. The summed E-state index contributed by atoms with van der Waals surface area (Å²) in [5, 5.41) is 0.684. The van der Waals surface area contributed by atoms with Gasteiger partial charge in [-0.1, -0.05) is 24.3 Å². The molecule has 1 atom stereocenters. The monoisotopic (exact) mass is 316 g/mol. The maximum Gasteiger partial charge on any atom is 0.320 e. The van der Waals surface area contributed by atoms with E-state index in [-0.39, 0.29) is 17.1 Å². The van der Waals surface area contributed by atoms with Gasteiger partial charge in [-0.2, -0.15) is 0 Å². The first-order chi connectivity index (χ1) is 10.7. The van der Waals surface area contributed by atoms with Gasteiger partial charge in [-0.25, -0.2) is 4.98 Å². The summed E-state index contributed by atoms with van der Waals surface area (Å²) in [6.07, 6.45) is 0. The number of nitrogens with zero attached hydrogens (tertiary/aromatic N) is 2. The van der Waals surface area contributed by atoms with Gasteiger partial charge in [0.25, 0.3) is 5.91 Å². The molecular formula is C16H16N2O3S. The first-order valence-electron chi connectivity index (χ1n) is 7.03. The standard InChI is InChI=1S/C16H16N2O3S/c1-21-16(20)14-10-18(8-9-22-14)15(19)13-7-6-11-4-2-3-5-12(11)17-13/h2-7,14H,8-10H2,1H3/t14-/m1/s1. The number of hydrogen-bond donors (Lipinski definition) is 0. The van der Waals surface area contributed by atoms with Crippen LogP contribution >= 0.6 is 11.8 Å². The van der Waals surface area contributed by atoms with E-state index < -0.39 is 0 Å². The number of fused-ring (bicyclic) bond motifs is 1. The van der Waals surface area contributed by atoms with Gasteiger partial charge in [-0.15, -0.1) is 11.8 Å². The summed E-state index contributed by atoms with van der Waals surface area (Å²) in [5.41, 5.74) is 1.21. The number of pyridine rings is 1. The number of methoxy groups -OCH3 is 1. The number of ether oxygens (including phenoxy) is 1. The first kappa shape index (κ1) is 14.8. The van der Waals surface area contributed by atoms with Crippen molar-refractivity contribution >= 4 is 34.5 Å². The zero-order chi connectivity index (χ0) is 15.5. The zero-order valence-corrected chi connectivity index (χ0v) is 13.0. The molecule has 0 bridgehead atoms. The van der Waals surface area contributed by atoms with E-state index in [0.717, 1.165) is 16.7 Å². The molecule has 1 aromatic heterocycles. The highest BCUT2D eigenvalue weighted by Gasteiger charge is 2.30. The van der Waals surface area contributed by atoms with Crippen molar-refractivity contribution in [1.82, 2.24) is 9.88 Å². The lowest BCUT2D eigenvalue weighted by atomic mass is 10.2.